The molecule has 0 saturated carbocycles. The van der Waals surface area contributed by atoms with Crippen molar-refractivity contribution in [3.05, 3.63) is 29.3 Å². The highest BCUT2D eigenvalue weighted by Crippen LogP contribution is 2.28. The van der Waals surface area contributed by atoms with Crippen molar-refractivity contribution < 1.29 is 4.79 Å². The van der Waals surface area contributed by atoms with Crippen molar-refractivity contribution in [2.75, 3.05) is 11.1 Å². The summed E-state index contributed by atoms with van der Waals surface area (Å²) in [4.78, 5) is 11.6. The van der Waals surface area contributed by atoms with Crippen LogP contribution in [0.15, 0.2) is 22.5 Å². The van der Waals surface area contributed by atoms with Gasteiger partial charge in [0.1, 0.15) is 0 Å². The van der Waals surface area contributed by atoms with E-state index in [1.165, 1.54) is 34.2 Å². The van der Waals surface area contributed by atoms with Gasteiger partial charge in [0.05, 0.1) is 5.75 Å². The van der Waals surface area contributed by atoms with Crippen LogP contribution in [0.25, 0.3) is 0 Å². The smallest absolute Gasteiger partial charge is 0.230 e. The molecule has 22 heavy (non-hydrogen) atoms. The molecule has 0 bridgehead atoms. The van der Waals surface area contributed by atoms with Gasteiger partial charge < -0.3 is 10.6 Å². The summed E-state index contributed by atoms with van der Waals surface area (Å²) < 4.78 is 0.783. The summed E-state index contributed by atoms with van der Waals surface area (Å²) in [6.07, 6.45) is 0. The lowest BCUT2D eigenvalue weighted by Crippen LogP contribution is -2.31. The van der Waals surface area contributed by atoms with Gasteiger partial charge in [0.15, 0.2) is 4.34 Å². The van der Waals surface area contributed by atoms with Crippen molar-refractivity contribution in [2.45, 2.75) is 38.1 Å². The van der Waals surface area contributed by atoms with Crippen LogP contribution in [0.2, 0.25) is 0 Å². The standard InChI is InChI=1S/C15H20N4OS2/c1-9(2)16-13(20)8-21-15-19-18-14(22-15)17-12-6-5-10(3)7-11(12)4/h5-7,9H,8H2,1-4H3,(H,16,20)(H,17,18). The number of hydrogen-bond donors (Lipinski definition) is 2. The molecule has 7 heteroatoms. The number of aromatic nitrogens is 2. The highest BCUT2D eigenvalue weighted by molar-refractivity contribution is 8.01. The maximum absolute atomic E-state index is 11.6. The van der Waals surface area contributed by atoms with Crippen molar-refractivity contribution in [1.82, 2.24) is 15.5 Å². The monoisotopic (exact) mass is 336 g/mol. The van der Waals surface area contributed by atoms with E-state index >= 15 is 0 Å². The third-order valence-corrected chi connectivity index (χ3v) is 4.78. The molecule has 5 nitrogen and oxygen atoms in total. The second kappa shape index (κ2) is 7.60. The lowest BCUT2D eigenvalue weighted by molar-refractivity contribution is -0.119. The number of carbonyl (C=O) groups is 1. The number of anilines is 2. The van der Waals surface area contributed by atoms with E-state index in [4.69, 9.17) is 0 Å². The Balaban J connectivity index is 1.92. The highest BCUT2D eigenvalue weighted by Gasteiger charge is 2.09. The van der Waals surface area contributed by atoms with Crippen LogP contribution >= 0.6 is 23.1 Å². The molecule has 0 aliphatic heterocycles. The zero-order valence-electron chi connectivity index (χ0n) is 13.1. The fourth-order valence-electron chi connectivity index (χ4n) is 1.88. The van der Waals surface area contributed by atoms with Gasteiger partial charge in [-0.05, 0) is 39.3 Å². The van der Waals surface area contributed by atoms with E-state index in [0.29, 0.717) is 5.75 Å². The molecule has 2 rings (SSSR count). The molecule has 0 spiro atoms. The molecule has 0 aliphatic carbocycles. The molecule has 118 valence electrons. The summed E-state index contributed by atoms with van der Waals surface area (Å²) in [5.74, 6) is 0.371. The van der Waals surface area contributed by atoms with Gasteiger partial charge in [-0.25, -0.2) is 0 Å². The minimum absolute atomic E-state index is 0.0130. The molecular formula is C15H20N4OS2. The van der Waals surface area contributed by atoms with Crippen molar-refractivity contribution >= 4 is 39.8 Å². The Morgan fingerprint density at radius 3 is 2.77 bits per heavy atom. The van der Waals surface area contributed by atoms with Crippen molar-refractivity contribution in [1.29, 1.82) is 0 Å². The van der Waals surface area contributed by atoms with E-state index in [1.54, 1.807) is 0 Å². The summed E-state index contributed by atoms with van der Waals surface area (Å²) in [6, 6.07) is 6.37. The van der Waals surface area contributed by atoms with Crippen LogP contribution in [0.5, 0.6) is 0 Å². The quantitative estimate of drug-likeness (QED) is 0.790. The lowest BCUT2D eigenvalue weighted by atomic mass is 10.1. The Bertz CT molecular complexity index is 655. The van der Waals surface area contributed by atoms with Crippen LogP contribution < -0.4 is 10.6 Å². The van der Waals surface area contributed by atoms with Gasteiger partial charge >= 0.3 is 0 Å². The molecule has 2 aromatic rings. The Hall–Kier alpha value is -1.60. The Morgan fingerprint density at radius 1 is 1.32 bits per heavy atom. The first-order valence-corrected chi connectivity index (χ1v) is 8.84. The summed E-state index contributed by atoms with van der Waals surface area (Å²) in [5, 5.41) is 15.1. The van der Waals surface area contributed by atoms with E-state index in [2.05, 4.69) is 46.8 Å². The Morgan fingerprint density at radius 2 is 2.09 bits per heavy atom. The number of hydrogen-bond acceptors (Lipinski definition) is 6. The minimum Gasteiger partial charge on any atom is -0.353 e. The molecular weight excluding hydrogens is 316 g/mol. The van der Waals surface area contributed by atoms with Gasteiger partial charge in [-0.1, -0.05) is 40.8 Å². The molecule has 1 aromatic carbocycles. The number of nitrogens with zero attached hydrogens (tertiary/aromatic N) is 2. The topological polar surface area (TPSA) is 66.9 Å². The Labute approximate surface area is 138 Å². The number of aryl methyl sites for hydroxylation is 2. The van der Waals surface area contributed by atoms with Gasteiger partial charge in [-0.15, -0.1) is 10.2 Å². The number of benzene rings is 1. The molecule has 0 atom stereocenters. The van der Waals surface area contributed by atoms with Gasteiger partial charge in [-0.3, -0.25) is 4.79 Å². The van der Waals surface area contributed by atoms with E-state index in [0.717, 1.165) is 15.2 Å². The molecule has 0 aliphatic rings. The van der Waals surface area contributed by atoms with E-state index in [-0.39, 0.29) is 11.9 Å². The molecule has 1 heterocycles. The number of thioether (sulfide) groups is 1. The van der Waals surface area contributed by atoms with Crippen LogP contribution in [0.4, 0.5) is 10.8 Å². The van der Waals surface area contributed by atoms with Crippen LogP contribution in [-0.2, 0) is 4.79 Å². The second-order valence-corrected chi connectivity index (χ2v) is 7.53. The first kappa shape index (κ1) is 16.8. The van der Waals surface area contributed by atoms with Gasteiger partial charge in [-0.2, -0.15) is 0 Å². The lowest BCUT2D eigenvalue weighted by Gasteiger charge is -2.07. The van der Waals surface area contributed by atoms with Crippen molar-refractivity contribution in [2.24, 2.45) is 0 Å². The normalized spacial score (nSPS) is 10.8. The van der Waals surface area contributed by atoms with Crippen molar-refractivity contribution in [3.63, 3.8) is 0 Å². The largest absolute Gasteiger partial charge is 0.353 e. The average Bonchev–Trinajstić information content (AvgIpc) is 2.87. The molecule has 0 radical (unpaired) electrons. The van der Waals surface area contributed by atoms with Crippen LogP contribution in [0.1, 0.15) is 25.0 Å². The fourth-order valence-corrected chi connectivity index (χ4v) is 3.45. The third kappa shape index (κ3) is 4.99. The van der Waals surface area contributed by atoms with E-state index < -0.39 is 0 Å². The SMILES string of the molecule is Cc1ccc(Nc2nnc(SCC(=O)NC(C)C)s2)c(C)c1. The van der Waals surface area contributed by atoms with Crippen LogP contribution in [0, 0.1) is 13.8 Å². The zero-order chi connectivity index (χ0) is 16.1. The van der Waals surface area contributed by atoms with E-state index in [1.807, 2.05) is 19.9 Å². The number of rotatable bonds is 6. The first-order valence-electron chi connectivity index (χ1n) is 7.04. The predicted molar refractivity (Wildman–Crippen MR) is 93.1 cm³/mol. The number of amides is 1. The summed E-state index contributed by atoms with van der Waals surface area (Å²) in [6.45, 7) is 8.01. The molecule has 0 unspecified atom stereocenters. The molecule has 0 fully saturated rings. The maximum Gasteiger partial charge on any atom is 0.230 e. The average molecular weight is 336 g/mol. The first-order chi connectivity index (χ1) is 10.4. The van der Waals surface area contributed by atoms with Crippen molar-refractivity contribution in [3.8, 4) is 0 Å². The predicted octanol–water partition coefficient (Wildman–Crippen LogP) is 3.52. The summed E-state index contributed by atoms with van der Waals surface area (Å²) in [5.41, 5.74) is 3.42. The molecule has 1 amide bonds. The second-order valence-electron chi connectivity index (χ2n) is 5.33. The molecule has 2 N–H and O–H groups in total. The summed E-state index contributed by atoms with van der Waals surface area (Å²) in [7, 11) is 0. The molecule has 0 saturated heterocycles. The van der Waals surface area contributed by atoms with Crippen LogP contribution in [-0.4, -0.2) is 27.9 Å². The Kier molecular flexibility index (Phi) is 5.79. The zero-order valence-corrected chi connectivity index (χ0v) is 14.8. The summed E-state index contributed by atoms with van der Waals surface area (Å²) >= 11 is 2.85. The van der Waals surface area contributed by atoms with Crippen LogP contribution in [0.3, 0.4) is 0 Å². The molecule has 1 aromatic heterocycles. The number of nitrogens with one attached hydrogen (secondary N) is 2. The van der Waals surface area contributed by atoms with Gasteiger partial charge in [0, 0.05) is 11.7 Å². The highest BCUT2D eigenvalue weighted by atomic mass is 32.2. The minimum atomic E-state index is 0.0130. The van der Waals surface area contributed by atoms with Gasteiger partial charge in [0.2, 0.25) is 11.0 Å². The number of carbonyl (C=O) groups excluding carboxylic acids is 1. The van der Waals surface area contributed by atoms with Gasteiger partial charge in [0.25, 0.3) is 0 Å². The maximum atomic E-state index is 11.6. The van der Waals surface area contributed by atoms with E-state index in [9.17, 15) is 4.79 Å². The third-order valence-electron chi connectivity index (χ3n) is 2.81. The fraction of sp³-hybridized carbons (Fsp3) is 0.400.